The van der Waals surface area contributed by atoms with Gasteiger partial charge in [-0.3, -0.25) is 4.79 Å². The fraction of sp³-hybridized carbons (Fsp3) is 0.500. The molecule has 0 saturated carbocycles. The average Bonchev–Trinajstić information content (AvgIpc) is 2.50. The highest BCUT2D eigenvalue weighted by Crippen LogP contribution is 2.09. The summed E-state index contributed by atoms with van der Waals surface area (Å²) in [6.45, 7) is 6.30. The van der Waals surface area contributed by atoms with Gasteiger partial charge >= 0.3 is 0 Å². The molecule has 0 aliphatic heterocycles. The molecule has 0 spiro atoms. The van der Waals surface area contributed by atoms with Gasteiger partial charge in [-0.2, -0.15) is 0 Å². The zero-order valence-corrected chi connectivity index (χ0v) is 13.1. The van der Waals surface area contributed by atoms with Crippen molar-refractivity contribution in [2.45, 2.75) is 52.1 Å². The molecule has 1 aromatic carbocycles. The Balaban J connectivity index is 1.92. The normalized spacial score (nSPS) is 12.7. The Bertz CT molecular complexity index is 618. The molecule has 1 N–H and O–H groups in total. The van der Waals surface area contributed by atoms with E-state index >= 15 is 0 Å². The summed E-state index contributed by atoms with van der Waals surface area (Å²) in [5.74, 6) is 0. The number of nitrogens with one attached hydrogen (secondary N) is 1. The summed E-state index contributed by atoms with van der Waals surface area (Å²) in [4.78, 5) is 11.8. The van der Waals surface area contributed by atoms with Crippen LogP contribution < -0.4 is 10.7 Å². The zero-order valence-electron chi connectivity index (χ0n) is 13.1. The summed E-state index contributed by atoms with van der Waals surface area (Å²) in [5.41, 5.74) is 1.12. The van der Waals surface area contributed by atoms with Gasteiger partial charge in [-0.25, -0.2) is 0 Å². The zero-order chi connectivity index (χ0) is 15.1. The number of nitrogens with zero attached hydrogens (tertiary/aromatic N) is 1. The quantitative estimate of drug-likeness (QED) is 0.753. The molecular formula is C18H26N2O. The first-order valence-electron chi connectivity index (χ1n) is 8.04. The Kier molecular flexibility index (Phi) is 6.00. The van der Waals surface area contributed by atoms with Crippen molar-refractivity contribution in [1.82, 2.24) is 9.88 Å². The third-order valence-electron chi connectivity index (χ3n) is 3.97. The van der Waals surface area contributed by atoms with Crippen LogP contribution in [0.5, 0.6) is 0 Å². The van der Waals surface area contributed by atoms with Crippen molar-refractivity contribution in [3.8, 4) is 0 Å². The lowest BCUT2D eigenvalue weighted by Crippen LogP contribution is -2.29. The minimum atomic E-state index is 0.0998. The molecule has 0 fully saturated rings. The molecule has 2 aromatic rings. The van der Waals surface area contributed by atoms with E-state index in [-0.39, 0.29) is 5.43 Å². The second kappa shape index (κ2) is 7.99. The number of benzene rings is 1. The highest BCUT2D eigenvalue weighted by atomic mass is 16.1. The van der Waals surface area contributed by atoms with Crippen LogP contribution in [0.1, 0.15) is 39.5 Å². The maximum absolute atomic E-state index is 11.8. The van der Waals surface area contributed by atoms with Crippen molar-refractivity contribution in [3.63, 3.8) is 0 Å². The number of unbranched alkanes of at least 4 members (excludes halogenated alkanes) is 2. The predicted molar refractivity (Wildman–Crippen MR) is 89.8 cm³/mol. The maximum Gasteiger partial charge on any atom is 0.189 e. The van der Waals surface area contributed by atoms with Gasteiger partial charge in [-0.1, -0.05) is 38.3 Å². The van der Waals surface area contributed by atoms with E-state index in [9.17, 15) is 4.79 Å². The molecule has 21 heavy (non-hydrogen) atoms. The highest BCUT2D eigenvalue weighted by molar-refractivity contribution is 5.78. The van der Waals surface area contributed by atoms with E-state index in [1.165, 1.54) is 25.7 Å². The molecular weight excluding hydrogens is 260 g/mol. The number of aromatic nitrogens is 1. The summed E-state index contributed by atoms with van der Waals surface area (Å²) < 4.78 is 2.16. The Morgan fingerprint density at radius 3 is 2.81 bits per heavy atom. The van der Waals surface area contributed by atoms with Gasteiger partial charge in [0.25, 0.3) is 0 Å². The average molecular weight is 286 g/mol. The molecule has 0 bridgehead atoms. The van der Waals surface area contributed by atoms with Gasteiger partial charge in [0.05, 0.1) is 5.52 Å². The second-order valence-corrected chi connectivity index (χ2v) is 5.74. The fourth-order valence-corrected chi connectivity index (χ4v) is 2.69. The molecule has 0 radical (unpaired) electrons. The molecule has 1 aromatic heterocycles. The monoisotopic (exact) mass is 286 g/mol. The van der Waals surface area contributed by atoms with Crippen LogP contribution in [0.15, 0.2) is 41.3 Å². The SMILES string of the molecule is CCCCCC(C)NCCn1ccc(=O)c2ccccc21. The van der Waals surface area contributed by atoms with Crippen LogP contribution in [0.2, 0.25) is 0 Å². The first kappa shape index (κ1) is 15.8. The smallest absolute Gasteiger partial charge is 0.189 e. The number of rotatable bonds is 8. The van der Waals surface area contributed by atoms with Gasteiger partial charge in [-0.15, -0.1) is 0 Å². The van der Waals surface area contributed by atoms with Crippen molar-refractivity contribution in [3.05, 3.63) is 46.8 Å². The Morgan fingerprint density at radius 1 is 1.19 bits per heavy atom. The summed E-state index contributed by atoms with van der Waals surface area (Å²) >= 11 is 0. The first-order valence-corrected chi connectivity index (χ1v) is 8.04. The molecule has 1 unspecified atom stereocenters. The fourth-order valence-electron chi connectivity index (χ4n) is 2.69. The maximum atomic E-state index is 11.8. The van der Waals surface area contributed by atoms with E-state index in [2.05, 4.69) is 23.7 Å². The molecule has 3 nitrogen and oxygen atoms in total. The van der Waals surface area contributed by atoms with Crippen LogP contribution in [0.4, 0.5) is 0 Å². The van der Waals surface area contributed by atoms with E-state index < -0.39 is 0 Å². The molecule has 1 atom stereocenters. The Labute approximate surface area is 127 Å². The molecule has 0 aliphatic rings. The lowest BCUT2D eigenvalue weighted by Gasteiger charge is -2.15. The van der Waals surface area contributed by atoms with E-state index in [1.807, 2.05) is 30.5 Å². The minimum Gasteiger partial charge on any atom is -0.346 e. The summed E-state index contributed by atoms with van der Waals surface area (Å²) in [6.07, 6.45) is 7.02. The van der Waals surface area contributed by atoms with Gasteiger partial charge in [-0.05, 0) is 25.5 Å². The summed E-state index contributed by atoms with van der Waals surface area (Å²) in [7, 11) is 0. The molecule has 2 rings (SSSR count). The standard InChI is InChI=1S/C18H26N2O/c1-3-4-5-8-15(2)19-12-14-20-13-11-18(21)16-9-6-7-10-17(16)20/h6-7,9-11,13,15,19H,3-5,8,12,14H2,1-2H3. The van der Waals surface area contributed by atoms with Crippen LogP contribution in [-0.2, 0) is 6.54 Å². The molecule has 0 saturated heterocycles. The van der Waals surface area contributed by atoms with Crippen LogP contribution >= 0.6 is 0 Å². The Hall–Kier alpha value is -1.61. The molecule has 0 amide bonds. The minimum absolute atomic E-state index is 0.0998. The second-order valence-electron chi connectivity index (χ2n) is 5.74. The van der Waals surface area contributed by atoms with Crippen molar-refractivity contribution >= 4 is 10.9 Å². The van der Waals surface area contributed by atoms with Crippen LogP contribution in [0, 0.1) is 0 Å². The third kappa shape index (κ3) is 4.43. The summed E-state index contributed by atoms with van der Waals surface area (Å²) in [5, 5.41) is 4.37. The topological polar surface area (TPSA) is 34.0 Å². The van der Waals surface area contributed by atoms with Crippen molar-refractivity contribution in [1.29, 1.82) is 0 Å². The van der Waals surface area contributed by atoms with Gasteiger partial charge in [0.15, 0.2) is 5.43 Å². The highest BCUT2D eigenvalue weighted by Gasteiger charge is 2.03. The number of para-hydroxylation sites is 1. The lowest BCUT2D eigenvalue weighted by molar-refractivity contribution is 0.472. The van der Waals surface area contributed by atoms with Gasteiger partial charge in [0.1, 0.15) is 0 Å². The summed E-state index contributed by atoms with van der Waals surface area (Å²) in [6, 6.07) is 10.0. The van der Waals surface area contributed by atoms with Gasteiger partial charge < -0.3 is 9.88 Å². The lowest BCUT2D eigenvalue weighted by atomic mass is 10.1. The van der Waals surface area contributed by atoms with Crippen LogP contribution in [0.3, 0.4) is 0 Å². The first-order chi connectivity index (χ1) is 10.2. The molecule has 0 aliphatic carbocycles. The van der Waals surface area contributed by atoms with E-state index in [4.69, 9.17) is 0 Å². The number of hydrogen-bond acceptors (Lipinski definition) is 2. The van der Waals surface area contributed by atoms with Crippen molar-refractivity contribution in [2.75, 3.05) is 6.54 Å². The Morgan fingerprint density at radius 2 is 2.00 bits per heavy atom. The van der Waals surface area contributed by atoms with Gasteiger partial charge in [0.2, 0.25) is 0 Å². The van der Waals surface area contributed by atoms with Crippen molar-refractivity contribution < 1.29 is 0 Å². The molecule has 1 heterocycles. The predicted octanol–water partition coefficient (Wildman–Crippen LogP) is 3.56. The van der Waals surface area contributed by atoms with Gasteiger partial charge in [0, 0.05) is 36.8 Å². The van der Waals surface area contributed by atoms with E-state index in [0.29, 0.717) is 6.04 Å². The van der Waals surface area contributed by atoms with E-state index in [0.717, 1.165) is 24.0 Å². The third-order valence-corrected chi connectivity index (χ3v) is 3.97. The van der Waals surface area contributed by atoms with Crippen LogP contribution in [0.25, 0.3) is 10.9 Å². The number of pyridine rings is 1. The largest absolute Gasteiger partial charge is 0.346 e. The molecule has 3 heteroatoms. The number of fused-ring (bicyclic) bond motifs is 1. The van der Waals surface area contributed by atoms with Crippen LogP contribution in [-0.4, -0.2) is 17.2 Å². The molecule has 114 valence electrons. The number of hydrogen-bond donors (Lipinski definition) is 1. The van der Waals surface area contributed by atoms with E-state index in [1.54, 1.807) is 6.07 Å². The van der Waals surface area contributed by atoms with Crippen molar-refractivity contribution in [2.24, 2.45) is 0 Å².